The molecule has 35 heavy (non-hydrogen) atoms. The zero-order chi connectivity index (χ0) is 24.5. The summed E-state index contributed by atoms with van der Waals surface area (Å²) < 4.78 is 18.0. The van der Waals surface area contributed by atoms with Crippen molar-refractivity contribution in [1.82, 2.24) is 9.97 Å². The molecular formula is C25H21N5O4S. The molecule has 1 atom stereocenters. The molecule has 5 rings (SSSR count). The average Bonchev–Trinajstić information content (AvgIpc) is 3.30. The van der Waals surface area contributed by atoms with Crippen molar-refractivity contribution in [3.05, 3.63) is 87.0 Å². The molecule has 0 radical (unpaired) electrons. The van der Waals surface area contributed by atoms with Crippen LogP contribution in [0.3, 0.4) is 0 Å². The van der Waals surface area contributed by atoms with Crippen LogP contribution in [0.1, 0.15) is 22.6 Å². The van der Waals surface area contributed by atoms with E-state index < -0.39 is 11.5 Å². The van der Waals surface area contributed by atoms with Crippen molar-refractivity contribution < 1.29 is 14.2 Å². The second-order valence-electron chi connectivity index (χ2n) is 7.75. The molecule has 0 bridgehead atoms. The maximum absolute atomic E-state index is 13.2. The first-order valence-corrected chi connectivity index (χ1v) is 11.5. The fraction of sp³-hybridized carbons (Fsp3) is 0.160. The molecule has 0 spiro atoms. The summed E-state index contributed by atoms with van der Waals surface area (Å²) in [5, 5.41) is 13.5. The van der Waals surface area contributed by atoms with Gasteiger partial charge in [0.15, 0.2) is 28.0 Å². The molecule has 0 fully saturated rings. The van der Waals surface area contributed by atoms with E-state index in [1.807, 2.05) is 30.3 Å². The van der Waals surface area contributed by atoms with E-state index >= 15 is 0 Å². The Kier molecular flexibility index (Phi) is 5.76. The van der Waals surface area contributed by atoms with E-state index in [0.717, 1.165) is 5.56 Å². The number of hydrogen-bond acceptors (Lipinski definition) is 9. The first-order chi connectivity index (χ1) is 17.0. The van der Waals surface area contributed by atoms with Gasteiger partial charge in [0.1, 0.15) is 22.9 Å². The lowest BCUT2D eigenvalue weighted by Gasteiger charge is -2.26. The topological polar surface area (TPSA) is 135 Å². The molecule has 1 unspecified atom stereocenters. The number of anilines is 1. The quantitative estimate of drug-likeness (QED) is 0.373. The number of benzene rings is 2. The molecule has 0 saturated heterocycles. The number of nitrogens with zero attached hydrogens (tertiary/aromatic N) is 2. The number of aromatic nitrogens is 2. The number of ether oxygens (including phenoxy) is 3. The number of allylic oxidation sites excluding steroid dienone is 1. The Morgan fingerprint density at radius 1 is 1.26 bits per heavy atom. The minimum atomic E-state index is -0.755. The van der Waals surface area contributed by atoms with Crippen molar-refractivity contribution in [3.8, 4) is 23.3 Å². The van der Waals surface area contributed by atoms with Gasteiger partial charge in [-0.15, -0.1) is 0 Å². The molecule has 0 saturated carbocycles. The van der Waals surface area contributed by atoms with Gasteiger partial charge in [-0.3, -0.25) is 4.79 Å². The zero-order valence-corrected chi connectivity index (χ0v) is 19.7. The molecule has 10 heteroatoms. The van der Waals surface area contributed by atoms with E-state index in [1.54, 1.807) is 25.2 Å². The number of nitriles is 1. The lowest BCUT2D eigenvalue weighted by atomic mass is 9.84. The number of hydrogen-bond donors (Lipinski definition) is 3. The van der Waals surface area contributed by atoms with Crippen LogP contribution in [0.5, 0.6) is 17.2 Å². The Hall–Kier alpha value is -4.49. The van der Waals surface area contributed by atoms with Crippen LogP contribution in [0.2, 0.25) is 0 Å². The summed E-state index contributed by atoms with van der Waals surface area (Å²) in [5.74, 6) is 0.491. The first-order valence-electron chi connectivity index (χ1n) is 10.7. The lowest BCUT2D eigenvalue weighted by molar-refractivity contribution is 0.284. The molecule has 2 aromatic heterocycles. The minimum Gasteiger partial charge on any atom is -0.493 e. The van der Waals surface area contributed by atoms with Crippen molar-refractivity contribution in [2.24, 2.45) is 5.73 Å². The summed E-state index contributed by atoms with van der Waals surface area (Å²) in [4.78, 5) is 20.4. The van der Waals surface area contributed by atoms with Crippen molar-refractivity contribution in [2.75, 3.05) is 19.5 Å². The standard InChI is InChI=1S/C25H21N5O4S/c1-28-25-30-23-21(35-25)20-19(24(31)29-23)18(15(11-26)22(27)34-20)14-8-9-16(17(10-14)32-2)33-12-13-6-4-3-5-7-13/h3-10,18H,12,27H2,1-2H3,(H2,28,29,30,31). The van der Waals surface area contributed by atoms with Crippen LogP contribution in [0.15, 0.2) is 64.8 Å². The Morgan fingerprint density at radius 3 is 2.77 bits per heavy atom. The highest BCUT2D eigenvalue weighted by atomic mass is 32.1. The van der Waals surface area contributed by atoms with E-state index in [4.69, 9.17) is 19.9 Å². The smallest absolute Gasteiger partial charge is 0.257 e. The third-order valence-electron chi connectivity index (χ3n) is 5.70. The fourth-order valence-electron chi connectivity index (χ4n) is 4.05. The van der Waals surface area contributed by atoms with Gasteiger partial charge in [-0.2, -0.15) is 5.26 Å². The molecule has 0 amide bonds. The van der Waals surface area contributed by atoms with Crippen LogP contribution in [0.25, 0.3) is 10.3 Å². The second kappa shape index (κ2) is 9.04. The van der Waals surface area contributed by atoms with Gasteiger partial charge in [0.25, 0.3) is 5.56 Å². The Balaban J connectivity index is 1.61. The van der Waals surface area contributed by atoms with Crippen LogP contribution < -0.4 is 30.8 Å². The van der Waals surface area contributed by atoms with Crippen LogP contribution in [-0.2, 0) is 6.61 Å². The van der Waals surface area contributed by atoms with Crippen LogP contribution in [0.4, 0.5) is 5.13 Å². The SMILES string of the molecule is CNc1nc2[nH]c(=O)c3c(c2s1)OC(N)=C(C#N)C3c1ccc(OCc2ccccc2)c(OC)c1. The maximum atomic E-state index is 13.2. The molecule has 1 aliphatic rings. The van der Waals surface area contributed by atoms with Gasteiger partial charge < -0.3 is 30.2 Å². The summed E-state index contributed by atoms with van der Waals surface area (Å²) in [5.41, 5.74) is 8.22. The number of nitrogens with two attached hydrogens (primary N) is 1. The summed E-state index contributed by atoms with van der Waals surface area (Å²) >= 11 is 1.32. The number of thiazole rings is 1. The third kappa shape index (κ3) is 3.92. The molecular weight excluding hydrogens is 466 g/mol. The normalized spacial score (nSPS) is 14.7. The summed E-state index contributed by atoms with van der Waals surface area (Å²) in [6, 6.07) is 17.2. The van der Waals surface area contributed by atoms with E-state index in [9.17, 15) is 10.1 Å². The van der Waals surface area contributed by atoms with Crippen LogP contribution >= 0.6 is 11.3 Å². The van der Waals surface area contributed by atoms with Crippen molar-refractivity contribution in [2.45, 2.75) is 12.5 Å². The lowest BCUT2D eigenvalue weighted by Crippen LogP contribution is -2.27. The summed E-state index contributed by atoms with van der Waals surface area (Å²) in [7, 11) is 3.27. The summed E-state index contributed by atoms with van der Waals surface area (Å²) in [6.45, 7) is 0.365. The van der Waals surface area contributed by atoms with Crippen molar-refractivity contribution >= 4 is 26.8 Å². The number of aromatic amines is 1. The zero-order valence-electron chi connectivity index (χ0n) is 18.9. The number of fused-ring (bicyclic) bond motifs is 3. The first kappa shape index (κ1) is 22.3. The van der Waals surface area contributed by atoms with Gasteiger partial charge in [-0.1, -0.05) is 47.7 Å². The molecule has 9 nitrogen and oxygen atoms in total. The van der Waals surface area contributed by atoms with Gasteiger partial charge in [0.05, 0.1) is 18.6 Å². The van der Waals surface area contributed by atoms with E-state index in [2.05, 4.69) is 21.4 Å². The van der Waals surface area contributed by atoms with Gasteiger partial charge >= 0.3 is 0 Å². The summed E-state index contributed by atoms with van der Waals surface area (Å²) in [6.07, 6.45) is 0. The molecule has 4 aromatic rings. The van der Waals surface area contributed by atoms with E-state index in [0.29, 0.717) is 44.9 Å². The molecule has 1 aliphatic heterocycles. The van der Waals surface area contributed by atoms with Gasteiger partial charge in [-0.05, 0) is 23.3 Å². The third-order valence-corrected chi connectivity index (χ3v) is 6.77. The maximum Gasteiger partial charge on any atom is 0.257 e. The Bertz CT molecular complexity index is 1550. The molecule has 3 heterocycles. The van der Waals surface area contributed by atoms with Crippen LogP contribution in [0, 0.1) is 11.3 Å². The van der Waals surface area contributed by atoms with Crippen molar-refractivity contribution in [3.63, 3.8) is 0 Å². The monoisotopic (exact) mass is 487 g/mol. The number of methoxy groups -OCH3 is 1. The number of rotatable bonds is 6. The predicted octanol–water partition coefficient (Wildman–Crippen LogP) is 3.83. The molecule has 176 valence electrons. The number of H-pyrrole nitrogens is 1. The highest BCUT2D eigenvalue weighted by Gasteiger charge is 2.36. The molecule has 4 N–H and O–H groups in total. The van der Waals surface area contributed by atoms with E-state index in [1.165, 1.54) is 18.4 Å². The molecule has 2 aromatic carbocycles. The van der Waals surface area contributed by atoms with Gasteiger partial charge in [0, 0.05) is 7.05 Å². The van der Waals surface area contributed by atoms with E-state index in [-0.39, 0.29) is 17.0 Å². The highest BCUT2D eigenvalue weighted by Crippen LogP contribution is 2.46. The number of pyridine rings is 1. The Morgan fingerprint density at radius 2 is 2.06 bits per heavy atom. The van der Waals surface area contributed by atoms with Gasteiger partial charge in [0.2, 0.25) is 5.88 Å². The van der Waals surface area contributed by atoms with Crippen molar-refractivity contribution in [1.29, 1.82) is 5.26 Å². The van der Waals surface area contributed by atoms with Gasteiger partial charge in [-0.25, -0.2) is 4.98 Å². The largest absolute Gasteiger partial charge is 0.493 e. The highest BCUT2D eigenvalue weighted by molar-refractivity contribution is 7.22. The average molecular weight is 488 g/mol. The number of nitrogens with one attached hydrogen (secondary N) is 2. The Labute approximate surface area is 204 Å². The fourth-order valence-corrected chi connectivity index (χ4v) is 4.92. The predicted molar refractivity (Wildman–Crippen MR) is 133 cm³/mol. The van der Waals surface area contributed by atoms with Crippen LogP contribution in [-0.4, -0.2) is 24.1 Å². The second-order valence-corrected chi connectivity index (χ2v) is 8.75. The molecule has 0 aliphatic carbocycles. The minimum absolute atomic E-state index is 0.0559.